The smallest absolute Gasteiger partial charge is 0.225 e. The van der Waals surface area contributed by atoms with Crippen LogP contribution in [0, 0.1) is 6.92 Å². The number of anilines is 1. The fraction of sp³-hybridized carbons (Fsp3) is 0.615. The standard InChI is InChI=1S/C13H21N5S/c1-3-11(12(14)19)17-4-6-18(7-5-17)13-15-8-10(2)9-16-13/h8-9,11H,3-7H2,1-2H3,(H2,14,19). The molecule has 2 N–H and O–H groups in total. The van der Waals surface area contributed by atoms with E-state index in [1.807, 2.05) is 19.3 Å². The van der Waals surface area contributed by atoms with Crippen molar-refractivity contribution in [2.45, 2.75) is 26.3 Å². The maximum atomic E-state index is 5.79. The van der Waals surface area contributed by atoms with Gasteiger partial charge in [0.15, 0.2) is 0 Å². The minimum atomic E-state index is 0.219. The molecule has 1 unspecified atom stereocenters. The van der Waals surface area contributed by atoms with E-state index >= 15 is 0 Å². The molecule has 1 aliphatic rings. The Kier molecular flexibility index (Phi) is 4.66. The second kappa shape index (κ2) is 6.25. The number of hydrogen-bond donors (Lipinski definition) is 1. The number of rotatable bonds is 4. The molecule has 1 saturated heterocycles. The monoisotopic (exact) mass is 279 g/mol. The zero-order chi connectivity index (χ0) is 13.8. The Morgan fingerprint density at radius 2 is 1.89 bits per heavy atom. The van der Waals surface area contributed by atoms with Gasteiger partial charge in [0.05, 0.1) is 11.0 Å². The number of nitrogens with zero attached hydrogens (tertiary/aromatic N) is 4. The third kappa shape index (κ3) is 3.39. The fourth-order valence-electron chi connectivity index (χ4n) is 2.42. The van der Waals surface area contributed by atoms with Crippen LogP contribution in [0.5, 0.6) is 0 Å². The molecule has 6 heteroatoms. The minimum absolute atomic E-state index is 0.219. The van der Waals surface area contributed by atoms with Gasteiger partial charge in [0, 0.05) is 38.6 Å². The Bertz CT molecular complexity index is 425. The van der Waals surface area contributed by atoms with Crippen LogP contribution in [0.2, 0.25) is 0 Å². The molecule has 19 heavy (non-hydrogen) atoms. The van der Waals surface area contributed by atoms with Gasteiger partial charge in [-0.25, -0.2) is 9.97 Å². The largest absolute Gasteiger partial charge is 0.392 e. The van der Waals surface area contributed by atoms with Gasteiger partial charge in [-0.3, -0.25) is 4.90 Å². The van der Waals surface area contributed by atoms with Crippen LogP contribution in [0.15, 0.2) is 12.4 Å². The van der Waals surface area contributed by atoms with Crippen molar-refractivity contribution >= 4 is 23.2 Å². The van der Waals surface area contributed by atoms with Crippen LogP contribution in [0.4, 0.5) is 5.95 Å². The van der Waals surface area contributed by atoms with Gasteiger partial charge in [0.1, 0.15) is 0 Å². The summed E-state index contributed by atoms with van der Waals surface area (Å²) >= 11 is 5.13. The van der Waals surface area contributed by atoms with E-state index in [0.717, 1.165) is 44.1 Å². The summed E-state index contributed by atoms with van der Waals surface area (Å²) in [5.74, 6) is 0.814. The Labute approximate surface area is 119 Å². The molecule has 1 atom stereocenters. The average Bonchev–Trinajstić information content (AvgIpc) is 2.41. The summed E-state index contributed by atoms with van der Waals surface area (Å²) in [7, 11) is 0. The zero-order valence-corrected chi connectivity index (χ0v) is 12.4. The van der Waals surface area contributed by atoms with Crippen molar-refractivity contribution in [2.24, 2.45) is 5.73 Å². The van der Waals surface area contributed by atoms with E-state index in [0.29, 0.717) is 4.99 Å². The first-order valence-electron chi connectivity index (χ1n) is 6.68. The molecule has 0 spiro atoms. The van der Waals surface area contributed by atoms with Crippen molar-refractivity contribution < 1.29 is 0 Å². The predicted octanol–water partition coefficient (Wildman–Crippen LogP) is 0.972. The lowest BCUT2D eigenvalue weighted by molar-refractivity contribution is 0.223. The van der Waals surface area contributed by atoms with E-state index in [1.54, 1.807) is 0 Å². The van der Waals surface area contributed by atoms with Gasteiger partial charge < -0.3 is 10.6 Å². The number of aryl methyl sites for hydroxylation is 1. The van der Waals surface area contributed by atoms with Crippen molar-refractivity contribution in [3.8, 4) is 0 Å². The van der Waals surface area contributed by atoms with Crippen molar-refractivity contribution in [1.29, 1.82) is 0 Å². The molecule has 0 radical (unpaired) electrons. The summed E-state index contributed by atoms with van der Waals surface area (Å²) in [4.78, 5) is 13.9. The van der Waals surface area contributed by atoms with Crippen molar-refractivity contribution in [1.82, 2.24) is 14.9 Å². The minimum Gasteiger partial charge on any atom is -0.392 e. The van der Waals surface area contributed by atoms with Gasteiger partial charge in [-0.1, -0.05) is 19.1 Å². The molecule has 1 aromatic rings. The molecule has 0 saturated carbocycles. The van der Waals surface area contributed by atoms with Gasteiger partial charge in [0.25, 0.3) is 0 Å². The molecule has 0 aliphatic carbocycles. The zero-order valence-electron chi connectivity index (χ0n) is 11.5. The van der Waals surface area contributed by atoms with E-state index in [-0.39, 0.29) is 6.04 Å². The Morgan fingerprint density at radius 1 is 1.32 bits per heavy atom. The van der Waals surface area contributed by atoms with E-state index in [1.165, 1.54) is 0 Å². The quantitative estimate of drug-likeness (QED) is 0.829. The first-order chi connectivity index (χ1) is 9.11. The molecule has 1 aromatic heterocycles. The number of thiocarbonyl (C=S) groups is 1. The summed E-state index contributed by atoms with van der Waals surface area (Å²) < 4.78 is 0. The predicted molar refractivity (Wildman–Crippen MR) is 81.4 cm³/mol. The molecule has 0 aromatic carbocycles. The molecule has 104 valence electrons. The third-order valence-corrected chi connectivity index (χ3v) is 3.79. The topological polar surface area (TPSA) is 58.3 Å². The van der Waals surface area contributed by atoms with E-state index < -0.39 is 0 Å². The molecule has 2 rings (SSSR count). The van der Waals surface area contributed by atoms with Gasteiger partial charge >= 0.3 is 0 Å². The third-order valence-electron chi connectivity index (χ3n) is 3.52. The second-order valence-corrected chi connectivity index (χ2v) is 5.38. The summed E-state index contributed by atoms with van der Waals surface area (Å²) in [6.45, 7) is 7.86. The highest BCUT2D eigenvalue weighted by molar-refractivity contribution is 7.80. The summed E-state index contributed by atoms with van der Waals surface area (Å²) in [6.07, 6.45) is 4.69. The number of hydrogen-bond acceptors (Lipinski definition) is 5. The summed E-state index contributed by atoms with van der Waals surface area (Å²) in [6, 6.07) is 0.219. The van der Waals surface area contributed by atoms with Crippen molar-refractivity contribution in [2.75, 3.05) is 31.1 Å². The van der Waals surface area contributed by atoms with Crippen molar-refractivity contribution in [3.63, 3.8) is 0 Å². The van der Waals surface area contributed by atoms with Crippen molar-refractivity contribution in [3.05, 3.63) is 18.0 Å². The highest BCUT2D eigenvalue weighted by atomic mass is 32.1. The maximum Gasteiger partial charge on any atom is 0.225 e. The molecular weight excluding hydrogens is 258 g/mol. The highest BCUT2D eigenvalue weighted by Gasteiger charge is 2.25. The van der Waals surface area contributed by atoms with Crippen LogP contribution in [-0.2, 0) is 0 Å². The fourth-order valence-corrected chi connectivity index (χ4v) is 2.74. The first kappa shape index (κ1) is 14.1. The Morgan fingerprint density at radius 3 is 2.37 bits per heavy atom. The summed E-state index contributed by atoms with van der Waals surface area (Å²) in [5, 5.41) is 0. The van der Waals surface area contributed by atoms with Crippen LogP contribution in [-0.4, -0.2) is 52.1 Å². The molecular formula is C13H21N5S. The molecule has 0 amide bonds. The van der Waals surface area contributed by atoms with E-state index in [2.05, 4.69) is 26.7 Å². The van der Waals surface area contributed by atoms with Crippen LogP contribution < -0.4 is 10.6 Å². The summed E-state index contributed by atoms with van der Waals surface area (Å²) in [5.41, 5.74) is 6.88. The first-order valence-corrected chi connectivity index (χ1v) is 7.09. The highest BCUT2D eigenvalue weighted by Crippen LogP contribution is 2.14. The van der Waals surface area contributed by atoms with E-state index in [4.69, 9.17) is 18.0 Å². The Hall–Kier alpha value is -1.27. The normalized spacial score (nSPS) is 18.3. The second-order valence-electron chi connectivity index (χ2n) is 4.91. The number of piperazine rings is 1. The lowest BCUT2D eigenvalue weighted by atomic mass is 10.1. The van der Waals surface area contributed by atoms with Crippen LogP contribution in [0.3, 0.4) is 0 Å². The Balaban J connectivity index is 1.95. The van der Waals surface area contributed by atoms with Crippen LogP contribution >= 0.6 is 12.2 Å². The van der Waals surface area contributed by atoms with Crippen LogP contribution in [0.25, 0.3) is 0 Å². The lowest BCUT2D eigenvalue weighted by Gasteiger charge is -2.38. The molecule has 2 heterocycles. The lowest BCUT2D eigenvalue weighted by Crippen LogP contribution is -2.53. The van der Waals surface area contributed by atoms with Gasteiger partial charge in [-0.05, 0) is 18.9 Å². The number of nitrogens with two attached hydrogens (primary N) is 1. The molecule has 1 aliphatic heterocycles. The molecule has 5 nitrogen and oxygen atoms in total. The average molecular weight is 279 g/mol. The SMILES string of the molecule is CCC(C(N)=S)N1CCN(c2ncc(C)cn2)CC1. The van der Waals surface area contributed by atoms with Gasteiger partial charge in [-0.15, -0.1) is 0 Å². The molecule has 1 fully saturated rings. The van der Waals surface area contributed by atoms with E-state index in [9.17, 15) is 0 Å². The molecule has 0 bridgehead atoms. The van der Waals surface area contributed by atoms with Gasteiger partial charge in [-0.2, -0.15) is 0 Å². The van der Waals surface area contributed by atoms with Crippen LogP contribution in [0.1, 0.15) is 18.9 Å². The van der Waals surface area contributed by atoms with Gasteiger partial charge in [0.2, 0.25) is 5.95 Å². The number of aromatic nitrogens is 2. The maximum absolute atomic E-state index is 5.79.